The average Bonchev–Trinajstić information content (AvgIpc) is 3.43. The smallest absolute Gasteiger partial charge is 0.314 e. The van der Waals surface area contributed by atoms with Gasteiger partial charge in [0, 0.05) is 5.41 Å². The molecule has 0 bridgehead atoms. The number of phenols is 1. The Bertz CT molecular complexity index is 1450. The Labute approximate surface area is 256 Å². The van der Waals surface area contributed by atoms with E-state index in [1.807, 2.05) is 18.2 Å². The Morgan fingerprint density at radius 2 is 1.49 bits per heavy atom. The number of aliphatic hydroxyl groups is 2. The van der Waals surface area contributed by atoms with Crippen molar-refractivity contribution in [2.75, 3.05) is 0 Å². The maximum atomic E-state index is 13.4. The summed E-state index contributed by atoms with van der Waals surface area (Å²) in [7, 11) is 0. The third kappa shape index (κ3) is 4.13. The predicted molar refractivity (Wildman–Crippen MR) is 165 cm³/mol. The molecule has 43 heavy (non-hydrogen) atoms. The number of aliphatic hydroxyl groups excluding tert-OH is 1. The number of ether oxygens (including phenoxy) is 1. The summed E-state index contributed by atoms with van der Waals surface area (Å²) in [4.78, 5) is 13.4. The van der Waals surface area contributed by atoms with Crippen LogP contribution >= 0.6 is 0 Å². The van der Waals surface area contributed by atoms with Crippen LogP contribution in [0.3, 0.4) is 0 Å². The second kappa shape index (κ2) is 9.81. The molecule has 5 nitrogen and oxygen atoms in total. The molecule has 4 fully saturated rings. The highest BCUT2D eigenvalue weighted by molar-refractivity contribution is 5.74. The molecule has 10 atom stereocenters. The molecular formula is C38H48O5. The zero-order chi connectivity index (χ0) is 29.7. The van der Waals surface area contributed by atoms with Crippen molar-refractivity contribution in [3.05, 3.63) is 58.7 Å². The van der Waals surface area contributed by atoms with Crippen molar-refractivity contribution in [3.8, 4) is 11.5 Å². The van der Waals surface area contributed by atoms with E-state index in [0.29, 0.717) is 53.4 Å². The Hall–Kier alpha value is -2.37. The molecule has 5 heteroatoms. The third-order valence-corrected chi connectivity index (χ3v) is 14.3. The normalized spacial score (nSPS) is 42.6. The number of aromatic hydroxyl groups is 1. The molecule has 0 saturated heterocycles. The van der Waals surface area contributed by atoms with Crippen molar-refractivity contribution in [1.82, 2.24) is 0 Å². The highest BCUT2D eigenvalue weighted by Gasteiger charge is 2.62. The summed E-state index contributed by atoms with van der Waals surface area (Å²) in [5.41, 5.74) is 4.13. The molecule has 8 rings (SSSR count). The van der Waals surface area contributed by atoms with Crippen molar-refractivity contribution in [2.45, 2.75) is 121 Å². The number of aryl methyl sites for hydroxylation is 2. The molecular weight excluding hydrogens is 536 g/mol. The van der Waals surface area contributed by atoms with Gasteiger partial charge in [0.25, 0.3) is 0 Å². The minimum Gasteiger partial charge on any atom is -0.508 e. The monoisotopic (exact) mass is 584 g/mol. The van der Waals surface area contributed by atoms with Crippen LogP contribution in [-0.2, 0) is 17.6 Å². The zero-order valence-corrected chi connectivity index (χ0v) is 25.9. The number of benzene rings is 2. The van der Waals surface area contributed by atoms with E-state index in [-0.39, 0.29) is 29.3 Å². The molecule has 6 aliphatic carbocycles. The predicted octanol–water partition coefficient (Wildman–Crippen LogP) is 7.19. The Morgan fingerprint density at radius 1 is 0.814 bits per heavy atom. The van der Waals surface area contributed by atoms with Gasteiger partial charge in [-0.25, -0.2) is 0 Å². The number of phenolic OH excluding ortho intramolecular Hbond substituents is 1. The van der Waals surface area contributed by atoms with Crippen LogP contribution in [0, 0.1) is 34.5 Å². The first-order valence-electron chi connectivity index (χ1n) is 17.2. The lowest BCUT2D eigenvalue weighted by atomic mass is 9.53. The van der Waals surface area contributed by atoms with E-state index in [0.717, 1.165) is 70.6 Å². The first kappa shape index (κ1) is 28.1. The van der Waals surface area contributed by atoms with Crippen LogP contribution in [0.2, 0.25) is 0 Å². The van der Waals surface area contributed by atoms with Gasteiger partial charge >= 0.3 is 5.97 Å². The Kier molecular flexibility index (Phi) is 6.42. The van der Waals surface area contributed by atoms with E-state index in [9.17, 15) is 20.1 Å². The van der Waals surface area contributed by atoms with E-state index < -0.39 is 5.60 Å². The van der Waals surface area contributed by atoms with Crippen LogP contribution < -0.4 is 4.74 Å². The molecule has 0 aliphatic heterocycles. The largest absolute Gasteiger partial charge is 0.508 e. The van der Waals surface area contributed by atoms with Crippen molar-refractivity contribution in [1.29, 1.82) is 0 Å². The van der Waals surface area contributed by atoms with Gasteiger partial charge in [0.1, 0.15) is 11.5 Å². The molecule has 4 saturated carbocycles. The molecule has 0 amide bonds. The number of hydrogen-bond acceptors (Lipinski definition) is 5. The SMILES string of the molecule is C[C@]12CCC3c4ccc(OC(=O)C[C@]5(O)CC[C@H]6[C@@H]7CCc8cc(O)ccc8[C@H]7CC[C@@]65C)cc4CCC3C1CC[C@@H]2O. The summed E-state index contributed by atoms with van der Waals surface area (Å²) in [6.45, 7) is 4.55. The minimum absolute atomic E-state index is 0.0478. The maximum absolute atomic E-state index is 13.4. The first-order valence-corrected chi connectivity index (χ1v) is 17.2. The van der Waals surface area contributed by atoms with Gasteiger partial charge in [-0.2, -0.15) is 0 Å². The summed E-state index contributed by atoms with van der Waals surface area (Å²) in [6, 6.07) is 12.1. The summed E-state index contributed by atoms with van der Waals surface area (Å²) in [5.74, 6) is 3.80. The fourth-order valence-corrected chi connectivity index (χ4v) is 12.0. The molecule has 0 spiro atoms. The van der Waals surface area contributed by atoms with Crippen LogP contribution in [0.25, 0.3) is 0 Å². The molecule has 2 aromatic rings. The van der Waals surface area contributed by atoms with E-state index in [4.69, 9.17) is 4.74 Å². The second-order valence-corrected chi connectivity index (χ2v) is 15.9. The second-order valence-electron chi connectivity index (χ2n) is 15.9. The molecule has 230 valence electrons. The lowest BCUT2D eigenvalue weighted by Gasteiger charge is -2.53. The molecule has 0 heterocycles. The summed E-state index contributed by atoms with van der Waals surface area (Å²) in [5, 5.41) is 32.8. The fraction of sp³-hybridized carbons (Fsp3) is 0.658. The highest BCUT2D eigenvalue weighted by Crippen LogP contribution is 2.65. The van der Waals surface area contributed by atoms with Crippen LogP contribution in [-0.4, -0.2) is 33.0 Å². The fourth-order valence-electron chi connectivity index (χ4n) is 12.0. The Morgan fingerprint density at radius 3 is 2.26 bits per heavy atom. The van der Waals surface area contributed by atoms with Crippen LogP contribution in [0.5, 0.6) is 11.5 Å². The standard InChI is InChI=1S/C38H48O5/c1-36-16-13-28-27-10-6-25(20-23(27)4-7-30(28)32(36)11-12-34(36)40)43-35(41)21-38(42)18-15-33-31-8-3-22-19-24(39)5-9-26(22)29(31)14-17-37(33,38)2/h5-6,9-10,19-20,28-34,39-40,42H,3-4,7-8,11-18,21H2,1-2H3/t28?,29-,30?,31-,32?,33+,34+,36+,37+,38-/m1/s1. The zero-order valence-electron chi connectivity index (χ0n) is 25.9. The van der Waals surface area contributed by atoms with Gasteiger partial charge in [-0.05, 0) is 164 Å². The van der Waals surface area contributed by atoms with Gasteiger partial charge in [-0.3, -0.25) is 4.79 Å². The van der Waals surface area contributed by atoms with Crippen molar-refractivity contribution < 1.29 is 24.9 Å². The van der Waals surface area contributed by atoms with Gasteiger partial charge in [0.2, 0.25) is 0 Å². The molecule has 6 aliphatic rings. The van der Waals surface area contributed by atoms with Gasteiger partial charge in [0.15, 0.2) is 0 Å². The number of esters is 1. The van der Waals surface area contributed by atoms with E-state index >= 15 is 0 Å². The Balaban J connectivity index is 0.956. The molecule has 0 aromatic heterocycles. The lowest BCUT2D eigenvalue weighted by Crippen LogP contribution is -2.52. The van der Waals surface area contributed by atoms with Crippen molar-refractivity contribution in [2.24, 2.45) is 34.5 Å². The van der Waals surface area contributed by atoms with Gasteiger partial charge < -0.3 is 20.1 Å². The van der Waals surface area contributed by atoms with E-state index in [1.54, 1.807) is 0 Å². The van der Waals surface area contributed by atoms with Gasteiger partial charge in [-0.1, -0.05) is 26.0 Å². The average molecular weight is 585 g/mol. The number of carbonyl (C=O) groups excluding carboxylic acids is 1. The third-order valence-electron chi connectivity index (χ3n) is 14.3. The summed E-state index contributed by atoms with van der Waals surface area (Å²) >= 11 is 0. The molecule has 2 aromatic carbocycles. The summed E-state index contributed by atoms with van der Waals surface area (Å²) < 4.78 is 5.98. The maximum Gasteiger partial charge on any atom is 0.314 e. The quantitative estimate of drug-likeness (QED) is 0.263. The number of hydrogen-bond donors (Lipinski definition) is 3. The number of fused-ring (bicyclic) bond motifs is 10. The van der Waals surface area contributed by atoms with Crippen LogP contribution in [0.15, 0.2) is 36.4 Å². The van der Waals surface area contributed by atoms with Gasteiger partial charge in [0.05, 0.1) is 18.1 Å². The van der Waals surface area contributed by atoms with Crippen LogP contribution in [0.4, 0.5) is 0 Å². The first-order chi connectivity index (χ1) is 20.6. The van der Waals surface area contributed by atoms with Crippen molar-refractivity contribution in [3.63, 3.8) is 0 Å². The highest BCUT2D eigenvalue weighted by atomic mass is 16.5. The topological polar surface area (TPSA) is 87.0 Å². The molecule has 3 unspecified atom stereocenters. The van der Waals surface area contributed by atoms with Gasteiger partial charge in [-0.15, -0.1) is 0 Å². The number of rotatable bonds is 3. The lowest BCUT2D eigenvalue weighted by molar-refractivity contribution is -0.151. The van der Waals surface area contributed by atoms with Crippen molar-refractivity contribution >= 4 is 5.97 Å². The minimum atomic E-state index is -1.04. The molecule has 3 N–H and O–H groups in total. The van der Waals surface area contributed by atoms with E-state index in [2.05, 4.69) is 32.0 Å². The van der Waals surface area contributed by atoms with Crippen LogP contribution in [0.1, 0.15) is 119 Å². The number of carbonyl (C=O) groups is 1. The molecule has 0 radical (unpaired) electrons. The summed E-state index contributed by atoms with van der Waals surface area (Å²) in [6.07, 6.45) is 11.9. The van der Waals surface area contributed by atoms with E-state index in [1.165, 1.54) is 22.3 Å².